The monoisotopic (exact) mass is 431 g/mol. The van der Waals surface area contributed by atoms with Gasteiger partial charge in [-0.3, -0.25) is 13.9 Å². The van der Waals surface area contributed by atoms with Crippen molar-refractivity contribution in [2.45, 2.75) is 32.9 Å². The summed E-state index contributed by atoms with van der Waals surface area (Å²) < 4.78 is 26.2. The van der Waals surface area contributed by atoms with Crippen molar-refractivity contribution in [2.75, 3.05) is 24.2 Å². The van der Waals surface area contributed by atoms with Crippen molar-refractivity contribution >= 4 is 27.5 Å². The van der Waals surface area contributed by atoms with E-state index in [0.29, 0.717) is 12.1 Å². The largest absolute Gasteiger partial charge is 0.357 e. The van der Waals surface area contributed by atoms with Crippen molar-refractivity contribution in [3.05, 3.63) is 65.7 Å². The number of hydrogen-bond donors (Lipinski definition) is 1. The van der Waals surface area contributed by atoms with E-state index < -0.39 is 22.0 Å². The van der Waals surface area contributed by atoms with Crippen molar-refractivity contribution in [3.63, 3.8) is 0 Å². The normalized spacial score (nSPS) is 12.1. The average molecular weight is 432 g/mol. The zero-order valence-electron chi connectivity index (χ0n) is 17.8. The Kier molecular flexibility index (Phi) is 8.00. The maximum absolute atomic E-state index is 13.3. The second-order valence-corrected chi connectivity index (χ2v) is 8.96. The standard InChI is InChI=1S/C22H29N3O4S/c1-5-19-13-9-10-14-20(19)25(30(4,28)29)16-21(26)24(17(2)22(27)23-3)15-18-11-7-6-8-12-18/h6-14,17H,5,15-16H2,1-4H3,(H,23,27)/t17-/m0/s1. The van der Waals surface area contributed by atoms with Crippen LogP contribution in [0, 0.1) is 0 Å². The molecular weight excluding hydrogens is 402 g/mol. The van der Waals surface area contributed by atoms with Crippen LogP contribution in [0.1, 0.15) is 25.0 Å². The Morgan fingerprint density at radius 1 is 1.03 bits per heavy atom. The Morgan fingerprint density at radius 3 is 2.20 bits per heavy atom. The van der Waals surface area contributed by atoms with E-state index in [1.165, 1.54) is 11.9 Å². The number of benzene rings is 2. The summed E-state index contributed by atoms with van der Waals surface area (Å²) in [6.45, 7) is 3.37. The van der Waals surface area contributed by atoms with Crippen LogP contribution in [0.5, 0.6) is 0 Å². The molecule has 0 aliphatic heterocycles. The van der Waals surface area contributed by atoms with Gasteiger partial charge in [-0.25, -0.2) is 8.42 Å². The number of hydrogen-bond acceptors (Lipinski definition) is 4. The van der Waals surface area contributed by atoms with Crippen molar-refractivity contribution in [1.82, 2.24) is 10.2 Å². The highest BCUT2D eigenvalue weighted by atomic mass is 32.2. The summed E-state index contributed by atoms with van der Waals surface area (Å²) in [6.07, 6.45) is 1.70. The fraction of sp³-hybridized carbons (Fsp3) is 0.364. The van der Waals surface area contributed by atoms with Gasteiger partial charge in [0.1, 0.15) is 12.6 Å². The molecule has 0 bridgehead atoms. The molecule has 30 heavy (non-hydrogen) atoms. The number of nitrogens with zero attached hydrogens (tertiary/aromatic N) is 2. The fourth-order valence-corrected chi connectivity index (χ4v) is 4.10. The van der Waals surface area contributed by atoms with Crippen LogP contribution >= 0.6 is 0 Å². The molecule has 0 heterocycles. The van der Waals surface area contributed by atoms with E-state index in [9.17, 15) is 18.0 Å². The summed E-state index contributed by atoms with van der Waals surface area (Å²) in [6, 6.07) is 15.6. The summed E-state index contributed by atoms with van der Waals surface area (Å²) in [5.74, 6) is -0.773. The minimum atomic E-state index is -3.72. The number of para-hydroxylation sites is 1. The number of sulfonamides is 1. The van der Waals surface area contributed by atoms with Crippen LogP contribution in [0.3, 0.4) is 0 Å². The second-order valence-electron chi connectivity index (χ2n) is 7.05. The first-order chi connectivity index (χ1) is 14.2. The highest BCUT2D eigenvalue weighted by molar-refractivity contribution is 7.92. The molecule has 1 N–H and O–H groups in total. The Morgan fingerprint density at radius 2 is 1.63 bits per heavy atom. The van der Waals surface area contributed by atoms with Gasteiger partial charge in [0.05, 0.1) is 11.9 Å². The molecular formula is C22H29N3O4S. The van der Waals surface area contributed by atoms with Crippen LogP contribution in [-0.2, 0) is 32.6 Å². The van der Waals surface area contributed by atoms with Crippen LogP contribution < -0.4 is 9.62 Å². The highest BCUT2D eigenvalue weighted by Gasteiger charge is 2.30. The Bertz CT molecular complexity index is 977. The molecule has 2 aromatic carbocycles. The summed E-state index contributed by atoms with van der Waals surface area (Å²) in [7, 11) is -2.21. The van der Waals surface area contributed by atoms with Gasteiger partial charge >= 0.3 is 0 Å². The Labute approximate surface area is 178 Å². The van der Waals surface area contributed by atoms with E-state index in [-0.39, 0.29) is 19.0 Å². The van der Waals surface area contributed by atoms with Crippen molar-refractivity contribution in [2.24, 2.45) is 0 Å². The lowest BCUT2D eigenvalue weighted by Gasteiger charge is -2.31. The van der Waals surface area contributed by atoms with Gasteiger partial charge in [0.15, 0.2) is 0 Å². The van der Waals surface area contributed by atoms with Gasteiger partial charge in [-0.15, -0.1) is 0 Å². The third-order valence-corrected chi connectivity index (χ3v) is 6.06. The summed E-state index contributed by atoms with van der Waals surface area (Å²) in [5.41, 5.74) is 2.15. The number of likely N-dealkylation sites (N-methyl/N-ethyl adjacent to an activating group) is 1. The number of nitrogens with one attached hydrogen (secondary N) is 1. The lowest BCUT2D eigenvalue weighted by atomic mass is 10.1. The highest BCUT2D eigenvalue weighted by Crippen LogP contribution is 2.24. The summed E-state index contributed by atoms with van der Waals surface area (Å²) in [4.78, 5) is 26.9. The lowest BCUT2D eigenvalue weighted by Crippen LogP contribution is -2.50. The van der Waals surface area contributed by atoms with E-state index in [2.05, 4.69) is 5.32 Å². The zero-order chi connectivity index (χ0) is 22.3. The molecule has 1 atom stereocenters. The van der Waals surface area contributed by atoms with E-state index in [0.717, 1.165) is 21.7 Å². The predicted molar refractivity (Wildman–Crippen MR) is 119 cm³/mol. The van der Waals surface area contributed by atoms with Crippen LogP contribution in [0.15, 0.2) is 54.6 Å². The number of amides is 2. The lowest BCUT2D eigenvalue weighted by molar-refractivity contribution is -0.139. The Balaban J connectivity index is 2.40. The molecule has 0 fully saturated rings. The number of rotatable bonds is 9. The molecule has 0 aromatic heterocycles. The Hall–Kier alpha value is -2.87. The third kappa shape index (κ3) is 5.82. The number of aryl methyl sites for hydroxylation is 1. The minimum absolute atomic E-state index is 0.196. The van der Waals surface area contributed by atoms with Crippen molar-refractivity contribution < 1.29 is 18.0 Å². The molecule has 0 radical (unpaired) electrons. The number of carbonyl (C=O) groups is 2. The fourth-order valence-electron chi connectivity index (χ4n) is 3.22. The minimum Gasteiger partial charge on any atom is -0.357 e. The van der Waals surface area contributed by atoms with Crippen LogP contribution in [0.4, 0.5) is 5.69 Å². The predicted octanol–water partition coefficient (Wildman–Crippen LogP) is 2.18. The maximum atomic E-state index is 13.3. The van der Waals surface area contributed by atoms with Gasteiger partial charge in [-0.05, 0) is 30.5 Å². The summed E-state index contributed by atoms with van der Waals surface area (Å²) in [5, 5.41) is 2.55. The third-order valence-electron chi connectivity index (χ3n) is 4.93. The molecule has 0 spiro atoms. The van der Waals surface area contributed by atoms with E-state index in [4.69, 9.17) is 0 Å². The molecule has 162 valence electrons. The molecule has 7 nitrogen and oxygen atoms in total. The molecule has 0 aliphatic rings. The van der Waals surface area contributed by atoms with E-state index in [1.54, 1.807) is 19.1 Å². The first kappa shape index (κ1) is 23.4. The SMILES string of the molecule is CCc1ccccc1N(CC(=O)N(Cc1ccccc1)[C@@H](C)C(=O)NC)S(C)(=O)=O. The van der Waals surface area contributed by atoms with Crippen LogP contribution in [0.25, 0.3) is 0 Å². The smallest absolute Gasteiger partial charge is 0.244 e. The van der Waals surface area contributed by atoms with Crippen LogP contribution in [-0.4, -0.2) is 51.0 Å². The van der Waals surface area contributed by atoms with Gasteiger partial charge in [0, 0.05) is 13.6 Å². The first-order valence-corrected chi connectivity index (χ1v) is 11.6. The van der Waals surface area contributed by atoms with Gasteiger partial charge < -0.3 is 10.2 Å². The van der Waals surface area contributed by atoms with E-state index in [1.807, 2.05) is 49.4 Å². The van der Waals surface area contributed by atoms with Gasteiger partial charge in [0.2, 0.25) is 21.8 Å². The molecule has 0 aliphatic carbocycles. The quantitative estimate of drug-likeness (QED) is 0.659. The maximum Gasteiger partial charge on any atom is 0.244 e. The number of carbonyl (C=O) groups excluding carboxylic acids is 2. The molecule has 8 heteroatoms. The first-order valence-electron chi connectivity index (χ1n) is 9.79. The van der Waals surface area contributed by atoms with Crippen LogP contribution in [0.2, 0.25) is 0 Å². The molecule has 0 unspecified atom stereocenters. The van der Waals surface area contributed by atoms with Gasteiger partial charge in [-0.1, -0.05) is 55.5 Å². The summed E-state index contributed by atoms with van der Waals surface area (Å²) >= 11 is 0. The molecule has 0 saturated carbocycles. The zero-order valence-corrected chi connectivity index (χ0v) is 18.6. The molecule has 2 aromatic rings. The molecule has 2 amide bonds. The van der Waals surface area contributed by atoms with Crippen molar-refractivity contribution in [1.29, 1.82) is 0 Å². The van der Waals surface area contributed by atoms with Crippen molar-refractivity contribution in [3.8, 4) is 0 Å². The number of anilines is 1. The molecule has 0 saturated heterocycles. The van der Waals surface area contributed by atoms with E-state index >= 15 is 0 Å². The topological polar surface area (TPSA) is 86.8 Å². The van der Waals surface area contributed by atoms with Gasteiger partial charge in [0.25, 0.3) is 0 Å². The van der Waals surface area contributed by atoms with Gasteiger partial charge in [-0.2, -0.15) is 0 Å². The second kappa shape index (κ2) is 10.2. The average Bonchev–Trinajstić information content (AvgIpc) is 2.74. The molecule has 2 rings (SSSR count).